The van der Waals surface area contributed by atoms with Gasteiger partial charge in [-0.25, -0.2) is 4.79 Å². The molecule has 0 heterocycles. The molecule has 6 heteroatoms. The molecule has 0 aliphatic carbocycles. The van der Waals surface area contributed by atoms with Crippen molar-refractivity contribution in [2.75, 3.05) is 14.2 Å². The van der Waals surface area contributed by atoms with Crippen molar-refractivity contribution in [2.45, 2.75) is 6.42 Å². The molecule has 0 saturated heterocycles. The van der Waals surface area contributed by atoms with E-state index in [-0.39, 0.29) is 16.9 Å². The van der Waals surface area contributed by atoms with Gasteiger partial charge >= 0.3 is 11.9 Å². The Morgan fingerprint density at radius 1 is 1.22 bits per heavy atom. The highest BCUT2D eigenvalue weighted by Gasteiger charge is 2.23. The Bertz CT molecular complexity index is 491. The van der Waals surface area contributed by atoms with Crippen LogP contribution in [0.1, 0.15) is 27.1 Å². The fourth-order valence-electron chi connectivity index (χ4n) is 1.48. The Balaban J connectivity index is 3.30. The molecular formula is C12H12O6. The quantitative estimate of drug-likeness (QED) is 0.480. The van der Waals surface area contributed by atoms with E-state index in [1.165, 1.54) is 32.4 Å². The molecule has 1 N–H and O–H groups in total. The van der Waals surface area contributed by atoms with E-state index in [9.17, 15) is 14.4 Å². The summed E-state index contributed by atoms with van der Waals surface area (Å²) in [7, 11) is 2.51. The number of carboxylic acid groups (broad SMARTS) is 1. The predicted molar refractivity (Wildman–Crippen MR) is 60.9 cm³/mol. The lowest BCUT2D eigenvalue weighted by Crippen LogP contribution is -2.14. The SMILES string of the molecule is COC(=O)c1c(OC)cccc1C(=O)CC(=O)O. The smallest absolute Gasteiger partial charge is 0.342 e. The third-order valence-corrected chi connectivity index (χ3v) is 2.25. The number of hydrogen-bond donors (Lipinski definition) is 1. The van der Waals surface area contributed by atoms with Crippen LogP contribution in [0, 0.1) is 0 Å². The highest BCUT2D eigenvalue weighted by molar-refractivity contribution is 6.12. The molecule has 0 saturated carbocycles. The minimum atomic E-state index is -1.27. The average molecular weight is 252 g/mol. The zero-order valence-electron chi connectivity index (χ0n) is 9.93. The monoisotopic (exact) mass is 252 g/mol. The topological polar surface area (TPSA) is 89.9 Å². The van der Waals surface area contributed by atoms with E-state index in [1.807, 2.05) is 0 Å². The van der Waals surface area contributed by atoms with Crippen LogP contribution in [0.5, 0.6) is 5.75 Å². The summed E-state index contributed by atoms with van der Waals surface area (Å²) in [6.45, 7) is 0. The maximum absolute atomic E-state index is 11.7. The second-order valence-electron chi connectivity index (χ2n) is 3.37. The standard InChI is InChI=1S/C12H12O6/c1-17-9-5-3-4-7(8(13)6-10(14)15)11(9)12(16)18-2/h3-5H,6H2,1-2H3,(H,14,15). The highest BCUT2D eigenvalue weighted by atomic mass is 16.5. The van der Waals surface area contributed by atoms with Gasteiger partial charge in [0, 0.05) is 5.56 Å². The zero-order chi connectivity index (χ0) is 13.7. The third kappa shape index (κ3) is 2.85. The lowest BCUT2D eigenvalue weighted by Gasteiger charge is -2.10. The Morgan fingerprint density at radius 2 is 1.89 bits per heavy atom. The first-order valence-corrected chi connectivity index (χ1v) is 5.01. The van der Waals surface area contributed by atoms with E-state index < -0.39 is 24.1 Å². The number of Topliss-reactive ketones (excluding diaryl/α,β-unsaturated/α-hetero) is 1. The summed E-state index contributed by atoms with van der Waals surface area (Å²) >= 11 is 0. The first-order valence-electron chi connectivity index (χ1n) is 5.01. The maximum Gasteiger partial charge on any atom is 0.342 e. The number of benzene rings is 1. The molecule has 0 aliphatic heterocycles. The fourth-order valence-corrected chi connectivity index (χ4v) is 1.48. The molecule has 1 aromatic rings. The number of ketones is 1. The molecular weight excluding hydrogens is 240 g/mol. The van der Waals surface area contributed by atoms with Crippen molar-refractivity contribution in [1.82, 2.24) is 0 Å². The van der Waals surface area contributed by atoms with Gasteiger partial charge in [-0.15, -0.1) is 0 Å². The van der Waals surface area contributed by atoms with Crippen LogP contribution in [-0.2, 0) is 9.53 Å². The van der Waals surface area contributed by atoms with Crippen LogP contribution >= 0.6 is 0 Å². The Labute approximate surface area is 103 Å². The molecule has 1 aromatic carbocycles. The number of rotatable bonds is 5. The molecule has 0 bridgehead atoms. The summed E-state index contributed by atoms with van der Waals surface area (Å²) in [6, 6.07) is 4.35. The lowest BCUT2D eigenvalue weighted by atomic mass is 10.0. The average Bonchev–Trinajstić information content (AvgIpc) is 2.35. The number of methoxy groups -OCH3 is 2. The molecule has 0 aliphatic rings. The van der Waals surface area contributed by atoms with Gasteiger partial charge in [0.05, 0.1) is 14.2 Å². The van der Waals surface area contributed by atoms with Gasteiger partial charge in [-0.1, -0.05) is 12.1 Å². The number of ether oxygens (including phenoxy) is 2. The molecule has 1 rings (SSSR count). The van der Waals surface area contributed by atoms with E-state index in [0.717, 1.165) is 0 Å². The second-order valence-corrected chi connectivity index (χ2v) is 3.37. The van der Waals surface area contributed by atoms with E-state index >= 15 is 0 Å². The van der Waals surface area contributed by atoms with Gasteiger partial charge in [0.2, 0.25) is 0 Å². The van der Waals surface area contributed by atoms with Crippen molar-refractivity contribution in [3.63, 3.8) is 0 Å². The Morgan fingerprint density at radius 3 is 2.39 bits per heavy atom. The highest BCUT2D eigenvalue weighted by Crippen LogP contribution is 2.24. The van der Waals surface area contributed by atoms with Gasteiger partial charge in [0.25, 0.3) is 0 Å². The minimum absolute atomic E-state index is 0.0244. The molecule has 6 nitrogen and oxygen atoms in total. The van der Waals surface area contributed by atoms with Crippen molar-refractivity contribution in [3.05, 3.63) is 29.3 Å². The zero-order valence-corrected chi connectivity index (χ0v) is 9.93. The first kappa shape index (κ1) is 13.7. The molecule has 0 fully saturated rings. The summed E-state index contributed by atoms with van der Waals surface area (Å²) in [4.78, 5) is 33.8. The molecule has 0 radical (unpaired) electrons. The number of carbonyl (C=O) groups excluding carboxylic acids is 2. The second kappa shape index (κ2) is 5.81. The first-order chi connectivity index (χ1) is 8.51. The number of esters is 1. The summed E-state index contributed by atoms with van der Waals surface area (Å²) in [5.74, 6) is -2.53. The van der Waals surface area contributed by atoms with E-state index in [2.05, 4.69) is 4.74 Å². The largest absolute Gasteiger partial charge is 0.496 e. The van der Waals surface area contributed by atoms with Crippen LogP contribution in [0.25, 0.3) is 0 Å². The number of carbonyl (C=O) groups is 3. The van der Waals surface area contributed by atoms with Gasteiger partial charge in [0.1, 0.15) is 17.7 Å². The summed E-state index contributed by atoms with van der Waals surface area (Å²) in [5.41, 5.74) is -0.0858. The summed E-state index contributed by atoms with van der Waals surface area (Å²) in [6.07, 6.45) is -0.697. The van der Waals surface area contributed by atoms with E-state index in [0.29, 0.717) is 0 Å². The van der Waals surface area contributed by atoms with Gasteiger partial charge in [-0.05, 0) is 6.07 Å². The third-order valence-electron chi connectivity index (χ3n) is 2.25. The number of aliphatic carboxylic acids is 1. The molecule has 0 aromatic heterocycles. The van der Waals surface area contributed by atoms with Crippen LogP contribution in [0.4, 0.5) is 0 Å². The lowest BCUT2D eigenvalue weighted by molar-refractivity contribution is -0.135. The van der Waals surface area contributed by atoms with Crippen molar-refractivity contribution in [3.8, 4) is 5.75 Å². The fraction of sp³-hybridized carbons (Fsp3) is 0.250. The van der Waals surface area contributed by atoms with Crippen molar-refractivity contribution in [1.29, 1.82) is 0 Å². The number of carboxylic acids is 1. The molecule has 96 valence electrons. The maximum atomic E-state index is 11.7. The van der Waals surface area contributed by atoms with Crippen molar-refractivity contribution in [2.24, 2.45) is 0 Å². The molecule has 0 atom stereocenters. The van der Waals surface area contributed by atoms with E-state index in [4.69, 9.17) is 9.84 Å². The van der Waals surface area contributed by atoms with Gasteiger partial charge < -0.3 is 14.6 Å². The Hall–Kier alpha value is -2.37. The van der Waals surface area contributed by atoms with Crippen molar-refractivity contribution >= 4 is 17.7 Å². The van der Waals surface area contributed by atoms with Gasteiger partial charge in [-0.3, -0.25) is 9.59 Å². The van der Waals surface area contributed by atoms with Crippen LogP contribution in [0.2, 0.25) is 0 Å². The summed E-state index contributed by atoms with van der Waals surface area (Å²) in [5, 5.41) is 8.59. The Kier molecular flexibility index (Phi) is 4.42. The normalized spacial score (nSPS) is 9.67. The predicted octanol–water partition coefficient (Wildman–Crippen LogP) is 1.14. The van der Waals surface area contributed by atoms with Crippen LogP contribution < -0.4 is 4.74 Å². The van der Waals surface area contributed by atoms with Crippen molar-refractivity contribution < 1.29 is 29.0 Å². The molecule has 0 amide bonds. The molecule has 0 spiro atoms. The van der Waals surface area contributed by atoms with E-state index in [1.54, 1.807) is 0 Å². The van der Waals surface area contributed by atoms with Crippen LogP contribution in [0.15, 0.2) is 18.2 Å². The van der Waals surface area contributed by atoms with Gasteiger partial charge in [0.15, 0.2) is 5.78 Å². The van der Waals surface area contributed by atoms with Gasteiger partial charge in [-0.2, -0.15) is 0 Å². The van der Waals surface area contributed by atoms with Crippen LogP contribution in [-0.4, -0.2) is 37.0 Å². The molecule has 0 unspecified atom stereocenters. The van der Waals surface area contributed by atoms with Crippen LogP contribution in [0.3, 0.4) is 0 Å². The summed E-state index contributed by atoms with van der Waals surface area (Å²) < 4.78 is 9.52. The minimum Gasteiger partial charge on any atom is -0.496 e. The molecule has 18 heavy (non-hydrogen) atoms. The number of hydrogen-bond acceptors (Lipinski definition) is 5.